The van der Waals surface area contributed by atoms with Crippen molar-refractivity contribution in [2.24, 2.45) is 0 Å². The van der Waals surface area contributed by atoms with Crippen molar-refractivity contribution in [3.05, 3.63) is 83.9 Å². The van der Waals surface area contributed by atoms with Crippen LogP contribution in [0.3, 0.4) is 0 Å². The predicted molar refractivity (Wildman–Crippen MR) is 79.0 cm³/mol. The molecule has 22 heavy (non-hydrogen) atoms. The van der Waals surface area contributed by atoms with Crippen LogP contribution < -0.4 is 0 Å². The van der Waals surface area contributed by atoms with Crippen molar-refractivity contribution in [2.45, 2.75) is 6.42 Å². The van der Waals surface area contributed by atoms with Gasteiger partial charge in [0.1, 0.15) is 6.07 Å². The second kappa shape index (κ2) is 8.59. The van der Waals surface area contributed by atoms with E-state index < -0.39 is 0 Å². The third kappa shape index (κ3) is 3.85. The summed E-state index contributed by atoms with van der Waals surface area (Å²) >= 11 is 0. The zero-order valence-electron chi connectivity index (χ0n) is 11.9. The number of hydrogen-bond donors (Lipinski definition) is 0. The van der Waals surface area contributed by atoms with E-state index in [-0.39, 0.29) is 53.8 Å². The number of fused-ring (bicyclic) bond motifs is 1. The molecule has 0 saturated carbocycles. The monoisotopic (exact) mass is 529 g/mol. The summed E-state index contributed by atoms with van der Waals surface area (Å²) in [5.41, 5.74) is 4.49. The number of hydrogen-bond acceptors (Lipinski definition) is 2. The molecule has 0 N–H and O–H groups in total. The van der Waals surface area contributed by atoms with Crippen molar-refractivity contribution in [2.75, 3.05) is 0 Å². The summed E-state index contributed by atoms with van der Waals surface area (Å²) in [6.07, 6.45) is 2.31. The molecule has 105 valence electrons. The maximum absolute atomic E-state index is 9.31. The summed E-state index contributed by atoms with van der Waals surface area (Å²) in [6, 6.07) is 19.0. The SMILES string of the molecule is [CH2-]c1[c-]cccc1Cc1c(C#N)cnc2ccccc12.[W].[Y]. The van der Waals surface area contributed by atoms with Gasteiger partial charge in [-0.1, -0.05) is 24.6 Å². The van der Waals surface area contributed by atoms with Gasteiger partial charge in [-0.2, -0.15) is 17.4 Å². The minimum Gasteiger partial charge on any atom is -0.370 e. The van der Waals surface area contributed by atoms with Crippen LogP contribution in [-0.2, 0) is 60.2 Å². The van der Waals surface area contributed by atoms with E-state index in [1.807, 2.05) is 42.5 Å². The van der Waals surface area contributed by atoms with Gasteiger partial charge in [0.25, 0.3) is 0 Å². The van der Waals surface area contributed by atoms with Gasteiger partial charge < -0.3 is 18.6 Å². The Bertz CT molecular complexity index is 825. The van der Waals surface area contributed by atoms with E-state index in [1.165, 1.54) is 0 Å². The molecular formula is C18H12N2WY-2. The van der Waals surface area contributed by atoms with Gasteiger partial charge in [-0.3, -0.25) is 10.5 Å². The van der Waals surface area contributed by atoms with Gasteiger partial charge in [0.2, 0.25) is 0 Å². The van der Waals surface area contributed by atoms with Crippen LogP contribution in [0.1, 0.15) is 22.3 Å². The van der Waals surface area contributed by atoms with Crippen LogP contribution in [0.4, 0.5) is 0 Å². The molecule has 1 aromatic heterocycles. The van der Waals surface area contributed by atoms with Gasteiger partial charge in [-0.15, -0.1) is 6.07 Å². The van der Waals surface area contributed by atoms with E-state index in [0.717, 1.165) is 27.6 Å². The van der Waals surface area contributed by atoms with Crippen molar-refractivity contribution >= 4 is 10.9 Å². The fraction of sp³-hybridized carbons (Fsp3) is 0.0556. The maximum atomic E-state index is 9.31. The Balaban J connectivity index is 0.00000121. The van der Waals surface area contributed by atoms with E-state index in [1.54, 1.807) is 6.20 Å². The Morgan fingerprint density at radius 1 is 1.18 bits per heavy atom. The normalized spacial score (nSPS) is 9.41. The summed E-state index contributed by atoms with van der Waals surface area (Å²) in [4.78, 5) is 4.33. The fourth-order valence-electron chi connectivity index (χ4n) is 2.35. The standard InChI is InChI=1S/C18H12N2.W.Y/c1-13-6-2-3-7-14(13)10-17-15(11-19)12-20-18-9-5-4-8-16(17)18;;/h2-5,7-9,12H,1,10H2;;/q-2;;. The molecule has 3 rings (SSSR count). The zero-order chi connectivity index (χ0) is 13.9. The molecule has 0 aliphatic heterocycles. The van der Waals surface area contributed by atoms with E-state index in [9.17, 15) is 5.26 Å². The van der Waals surface area contributed by atoms with Gasteiger partial charge in [0.05, 0.1) is 11.1 Å². The summed E-state index contributed by atoms with van der Waals surface area (Å²) < 4.78 is 0. The van der Waals surface area contributed by atoms with E-state index in [2.05, 4.69) is 24.0 Å². The van der Waals surface area contributed by atoms with Gasteiger partial charge in [0.15, 0.2) is 0 Å². The summed E-state index contributed by atoms with van der Waals surface area (Å²) in [5, 5.41) is 10.3. The first-order valence-electron chi connectivity index (χ1n) is 6.38. The van der Waals surface area contributed by atoms with Crippen molar-refractivity contribution in [1.82, 2.24) is 4.98 Å². The third-order valence-electron chi connectivity index (χ3n) is 3.41. The van der Waals surface area contributed by atoms with E-state index in [0.29, 0.717) is 12.0 Å². The molecule has 0 unspecified atom stereocenters. The topological polar surface area (TPSA) is 36.7 Å². The Hall–Kier alpha value is -0.998. The minimum atomic E-state index is 0. The summed E-state index contributed by atoms with van der Waals surface area (Å²) in [5.74, 6) is 0. The molecule has 0 atom stereocenters. The number of rotatable bonds is 2. The van der Waals surface area contributed by atoms with Crippen LogP contribution in [0.25, 0.3) is 10.9 Å². The van der Waals surface area contributed by atoms with Gasteiger partial charge >= 0.3 is 0 Å². The van der Waals surface area contributed by atoms with Crippen molar-refractivity contribution in [3.63, 3.8) is 0 Å². The van der Waals surface area contributed by atoms with Crippen LogP contribution in [0.15, 0.2) is 48.7 Å². The van der Waals surface area contributed by atoms with Crippen LogP contribution >= 0.6 is 0 Å². The second-order valence-electron chi connectivity index (χ2n) is 4.63. The number of nitrogens with zero attached hydrogens (tertiary/aromatic N) is 2. The smallest absolute Gasteiger partial charge is 0.101 e. The van der Waals surface area contributed by atoms with Crippen LogP contribution in [-0.4, -0.2) is 4.98 Å². The molecule has 0 fully saturated rings. The molecule has 0 saturated heterocycles. The number of pyridine rings is 1. The Kier molecular flexibility index (Phi) is 7.44. The number of nitriles is 1. The average Bonchev–Trinajstić information content (AvgIpc) is 2.50. The van der Waals surface area contributed by atoms with Crippen LogP contribution in [0.5, 0.6) is 0 Å². The Labute approximate surface area is 170 Å². The van der Waals surface area contributed by atoms with Crippen LogP contribution in [0.2, 0.25) is 0 Å². The third-order valence-corrected chi connectivity index (χ3v) is 3.41. The van der Waals surface area contributed by atoms with Crippen molar-refractivity contribution < 1.29 is 53.8 Å². The second-order valence-corrected chi connectivity index (χ2v) is 4.63. The Morgan fingerprint density at radius 3 is 2.68 bits per heavy atom. The zero-order valence-corrected chi connectivity index (χ0v) is 17.7. The fourth-order valence-corrected chi connectivity index (χ4v) is 2.35. The molecule has 0 bridgehead atoms. The molecule has 2 aromatic carbocycles. The van der Waals surface area contributed by atoms with Crippen molar-refractivity contribution in [1.29, 1.82) is 5.26 Å². The van der Waals surface area contributed by atoms with Gasteiger partial charge in [-0.25, -0.2) is 0 Å². The predicted octanol–water partition coefficient (Wildman–Crippen LogP) is 3.67. The summed E-state index contributed by atoms with van der Waals surface area (Å²) in [7, 11) is 0. The largest absolute Gasteiger partial charge is 0.370 e. The Morgan fingerprint density at radius 2 is 1.95 bits per heavy atom. The molecule has 0 amide bonds. The van der Waals surface area contributed by atoms with Crippen molar-refractivity contribution in [3.8, 4) is 6.07 Å². The van der Waals surface area contributed by atoms with Crippen LogP contribution in [0, 0.1) is 24.3 Å². The number of para-hydroxylation sites is 1. The maximum Gasteiger partial charge on any atom is 0.101 e. The van der Waals surface area contributed by atoms with Gasteiger partial charge in [0, 0.05) is 65.4 Å². The van der Waals surface area contributed by atoms with E-state index >= 15 is 0 Å². The van der Waals surface area contributed by atoms with Gasteiger partial charge in [-0.05, 0) is 11.6 Å². The molecule has 1 radical (unpaired) electrons. The molecule has 0 aliphatic rings. The number of benzene rings is 2. The summed E-state index contributed by atoms with van der Waals surface area (Å²) in [6.45, 7) is 4.00. The molecule has 4 heteroatoms. The molecular weight excluding hydrogens is 517 g/mol. The molecule has 3 aromatic rings. The first-order chi connectivity index (χ1) is 9.79. The molecule has 0 spiro atoms. The first kappa shape index (κ1) is 19.0. The molecule has 1 heterocycles. The molecule has 0 aliphatic carbocycles. The number of aromatic nitrogens is 1. The average molecular weight is 529 g/mol. The first-order valence-corrected chi connectivity index (χ1v) is 6.38. The minimum absolute atomic E-state index is 0. The van der Waals surface area contributed by atoms with E-state index in [4.69, 9.17) is 0 Å². The quantitative estimate of drug-likeness (QED) is 0.476. The molecule has 2 nitrogen and oxygen atoms in total.